The molecule has 0 aliphatic rings. The summed E-state index contributed by atoms with van der Waals surface area (Å²) in [7, 11) is -3.68. The lowest BCUT2D eigenvalue weighted by molar-refractivity contribution is 0.581. The second kappa shape index (κ2) is 7.15. The largest absolute Gasteiger partial charge is 0.338 e. The maximum absolute atomic E-state index is 12.6. The highest BCUT2D eigenvalue weighted by Crippen LogP contribution is 2.23. The molecular weight excluding hydrogens is 382 g/mol. The minimum Gasteiger partial charge on any atom is -0.338 e. The fraction of sp³-hybridized carbons (Fsp3) is 0.0500. The standard InChI is InChI=1S/C20H16ClN3O2S/c21-17-9-5-4-8-15(17)13-22-27(25,26)16-10-11-18-19(12-16)24-20(23-18)14-6-2-1-3-7-14/h1-12,22H,13H2,(H,23,24). The van der Waals surface area contributed by atoms with Gasteiger partial charge in [-0.3, -0.25) is 0 Å². The van der Waals surface area contributed by atoms with Crippen molar-refractivity contribution in [3.05, 3.63) is 83.4 Å². The summed E-state index contributed by atoms with van der Waals surface area (Å²) in [6, 6.07) is 21.6. The molecule has 0 spiro atoms. The van der Waals surface area contributed by atoms with Gasteiger partial charge in [0.25, 0.3) is 0 Å². The molecule has 27 heavy (non-hydrogen) atoms. The molecule has 0 atom stereocenters. The summed E-state index contributed by atoms with van der Waals surface area (Å²) in [4.78, 5) is 7.88. The lowest BCUT2D eigenvalue weighted by Crippen LogP contribution is -2.23. The maximum atomic E-state index is 12.6. The molecule has 0 aliphatic heterocycles. The number of imidazole rings is 1. The molecule has 5 nitrogen and oxygen atoms in total. The molecule has 7 heteroatoms. The molecule has 4 rings (SSSR count). The quantitative estimate of drug-likeness (QED) is 0.525. The van der Waals surface area contributed by atoms with Gasteiger partial charge in [-0.15, -0.1) is 0 Å². The third-order valence-electron chi connectivity index (χ3n) is 4.22. The van der Waals surface area contributed by atoms with Crippen LogP contribution in [-0.4, -0.2) is 18.4 Å². The van der Waals surface area contributed by atoms with Gasteiger partial charge in [0.15, 0.2) is 0 Å². The van der Waals surface area contributed by atoms with E-state index in [-0.39, 0.29) is 11.4 Å². The van der Waals surface area contributed by atoms with E-state index in [2.05, 4.69) is 14.7 Å². The number of fused-ring (bicyclic) bond motifs is 1. The van der Waals surface area contributed by atoms with Crippen LogP contribution < -0.4 is 4.72 Å². The van der Waals surface area contributed by atoms with Crippen molar-refractivity contribution in [2.45, 2.75) is 11.4 Å². The number of rotatable bonds is 5. The van der Waals surface area contributed by atoms with E-state index in [1.807, 2.05) is 36.4 Å². The van der Waals surface area contributed by atoms with Crippen LogP contribution in [0.5, 0.6) is 0 Å². The summed E-state index contributed by atoms with van der Waals surface area (Å²) in [6.07, 6.45) is 0. The predicted octanol–water partition coefficient (Wildman–Crippen LogP) is 4.36. The summed E-state index contributed by atoms with van der Waals surface area (Å²) in [5.41, 5.74) is 3.03. The molecule has 0 bridgehead atoms. The van der Waals surface area contributed by atoms with Crippen molar-refractivity contribution < 1.29 is 8.42 Å². The van der Waals surface area contributed by atoms with E-state index in [1.165, 1.54) is 0 Å². The monoisotopic (exact) mass is 397 g/mol. The van der Waals surface area contributed by atoms with Crippen molar-refractivity contribution in [3.8, 4) is 11.4 Å². The molecule has 0 saturated heterocycles. The molecule has 0 amide bonds. The third-order valence-corrected chi connectivity index (χ3v) is 5.99. The second-order valence-corrected chi connectivity index (χ2v) is 8.22. The van der Waals surface area contributed by atoms with E-state index in [1.54, 1.807) is 36.4 Å². The summed E-state index contributed by atoms with van der Waals surface area (Å²) < 4.78 is 27.9. The second-order valence-electron chi connectivity index (χ2n) is 6.05. The third kappa shape index (κ3) is 3.73. The Labute approximate surface area is 162 Å². The molecule has 0 radical (unpaired) electrons. The van der Waals surface area contributed by atoms with Crippen molar-refractivity contribution >= 4 is 32.7 Å². The number of benzene rings is 3. The number of hydrogen-bond donors (Lipinski definition) is 2. The Hall–Kier alpha value is -2.67. The van der Waals surface area contributed by atoms with Gasteiger partial charge in [-0.25, -0.2) is 18.1 Å². The number of halogens is 1. The van der Waals surface area contributed by atoms with E-state index in [9.17, 15) is 8.42 Å². The molecule has 0 saturated carbocycles. The van der Waals surface area contributed by atoms with Gasteiger partial charge in [0.05, 0.1) is 15.9 Å². The van der Waals surface area contributed by atoms with Gasteiger partial charge in [-0.05, 0) is 29.8 Å². The van der Waals surface area contributed by atoms with Crippen molar-refractivity contribution in [1.82, 2.24) is 14.7 Å². The summed E-state index contributed by atoms with van der Waals surface area (Å²) in [6.45, 7) is 0.123. The van der Waals surface area contributed by atoms with Crippen LogP contribution in [0.25, 0.3) is 22.4 Å². The number of aromatic nitrogens is 2. The van der Waals surface area contributed by atoms with Gasteiger partial charge in [-0.2, -0.15) is 0 Å². The summed E-state index contributed by atoms with van der Waals surface area (Å²) in [5.74, 6) is 0.698. The fourth-order valence-corrected chi connectivity index (χ4v) is 4.02. The Morgan fingerprint density at radius 2 is 1.70 bits per heavy atom. The van der Waals surface area contributed by atoms with Crippen LogP contribution in [0.2, 0.25) is 5.02 Å². The first-order chi connectivity index (χ1) is 13.0. The Morgan fingerprint density at radius 1 is 0.963 bits per heavy atom. The summed E-state index contributed by atoms with van der Waals surface area (Å²) in [5, 5.41) is 0.525. The average molecular weight is 398 g/mol. The van der Waals surface area contributed by atoms with E-state index >= 15 is 0 Å². The van der Waals surface area contributed by atoms with Crippen molar-refractivity contribution in [3.63, 3.8) is 0 Å². The number of sulfonamides is 1. The maximum Gasteiger partial charge on any atom is 0.240 e. The normalized spacial score (nSPS) is 11.7. The summed E-state index contributed by atoms with van der Waals surface area (Å²) >= 11 is 6.09. The Kier molecular flexibility index (Phi) is 4.70. The fourth-order valence-electron chi connectivity index (χ4n) is 2.79. The van der Waals surface area contributed by atoms with E-state index in [0.717, 1.165) is 11.1 Å². The topological polar surface area (TPSA) is 74.8 Å². The van der Waals surface area contributed by atoms with Crippen LogP contribution in [0.4, 0.5) is 0 Å². The van der Waals surface area contributed by atoms with Crippen LogP contribution in [0.3, 0.4) is 0 Å². The van der Waals surface area contributed by atoms with Crippen molar-refractivity contribution in [2.75, 3.05) is 0 Å². The van der Waals surface area contributed by atoms with E-state index < -0.39 is 10.0 Å². The SMILES string of the molecule is O=S(=O)(NCc1ccccc1Cl)c1ccc2nc(-c3ccccc3)[nH]c2c1. The van der Waals surface area contributed by atoms with Crippen LogP contribution in [0.15, 0.2) is 77.7 Å². The van der Waals surface area contributed by atoms with Crippen molar-refractivity contribution in [1.29, 1.82) is 0 Å². The minimum atomic E-state index is -3.68. The zero-order chi connectivity index (χ0) is 18.9. The van der Waals surface area contributed by atoms with Gasteiger partial charge in [-0.1, -0.05) is 60.1 Å². The predicted molar refractivity (Wildman–Crippen MR) is 107 cm³/mol. The minimum absolute atomic E-state index is 0.123. The lowest BCUT2D eigenvalue weighted by Gasteiger charge is -2.08. The molecule has 0 aliphatic carbocycles. The van der Waals surface area contributed by atoms with Gasteiger partial charge < -0.3 is 4.98 Å². The molecule has 0 unspecified atom stereocenters. The van der Waals surface area contributed by atoms with Gasteiger partial charge in [0.1, 0.15) is 5.82 Å². The lowest BCUT2D eigenvalue weighted by atomic mass is 10.2. The Bertz CT molecular complexity index is 1200. The molecule has 136 valence electrons. The highest BCUT2D eigenvalue weighted by atomic mass is 35.5. The molecule has 1 heterocycles. The van der Waals surface area contributed by atoms with Crippen LogP contribution in [-0.2, 0) is 16.6 Å². The number of aromatic amines is 1. The number of H-pyrrole nitrogens is 1. The zero-order valence-corrected chi connectivity index (χ0v) is 15.8. The molecule has 4 aromatic rings. The van der Waals surface area contributed by atoms with E-state index in [4.69, 9.17) is 11.6 Å². The van der Waals surface area contributed by atoms with Crippen LogP contribution in [0, 0.1) is 0 Å². The smallest absolute Gasteiger partial charge is 0.240 e. The first-order valence-corrected chi connectivity index (χ1v) is 10.2. The highest BCUT2D eigenvalue weighted by Gasteiger charge is 2.16. The molecule has 1 aromatic heterocycles. The average Bonchev–Trinajstić information content (AvgIpc) is 3.11. The van der Waals surface area contributed by atoms with Gasteiger partial charge in [0.2, 0.25) is 10.0 Å². The van der Waals surface area contributed by atoms with Crippen LogP contribution >= 0.6 is 11.6 Å². The van der Waals surface area contributed by atoms with Gasteiger partial charge in [0, 0.05) is 17.1 Å². The van der Waals surface area contributed by atoms with Gasteiger partial charge >= 0.3 is 0 Å². The number of hydrogen-bond acceptors (Lipinski definition) is 3. The molecule has 2 N–H and O–H groups in total. The molecule has 0 fully saturated rings. The number of nitrogens with one attached hydrogen (secondary N) is 2. The highest BCUT2D eigenvalue weighted by molar-refractivity contribution is 7.89. The molecule has 3 aromatic carbocycles. The van der Waals surface area contributed by atoms with Crippen LogP contribution in [0.1, 0.15) is 5.56 Å². The Balaban J connectivity index is 1.62. The number of nitrogens with zero attached hydrogens (tertiary/aromatic N) is 1. The Morgan fingerprint density at radius 3 is 2.48 bits per heavy atom. The van der Waals surface area contributed by atoms with E-state index in [0.29, 0.717) is 21.9 Å². The first-order valence-electron chi connectivity index (χ1n) is 8.31. The first kappa shape index (κ1) is 17.7. The van der Waals surface area contributed by atoms with Crippen molar-refractivity contribution in [2.24, 2.45) is 0 Å². The molecular formula is C20H16ClN3O2S. The zero-order valence-electron chi connectivity index (χ0n) is 14.2.